The molecule has 1 heterocycles. The van der Waals surface area contributed by atoms with Gasteiger partial charge in [0.25, 0.3) is 5.91 Å². The fourth-order valence-electron chi connectivity index (χ4n) is 3.44. The number of hydrogen-bond acceptors (Lipinski definition) is 5. The third kappa shape index (κ3) is 5.53. The number of nitrogens with zero attached hydrogens (tertiary/aromatic N) is 3. The zero-order chi connectivity index (χ0) is 21.5. The van der Waals surface area contributed by atoms with Crippen molar-refractivity contribution in [1.29, 1.82) is 5.26 Å². The standard InChI is InChI=1S/C23H26BrN3O3/c1-3-29-21-13-18(14-25)12-20(24)23(21)30-16-22(28)27-10-8-26(9-11-27)15-19-7-5-4-6-17(19)2/h4-7,12-13H,3,8-11,15-16H2,1-2H3. The summed E-state index contributed by atoms with van der Waals surface area (Å²) in [5.41, 5.74) is 3.09. The van der Waals surface area contributed by atoms with Crippen molar-refractivity contribution in [2.75, 3.05) is 39.4 Å². The minimum Gasteiger partial charge on any atom is -0.490 e. The summed E-state index contributed by atoms with van der Waals surface area (Å²) < 4.78 is 12.0. The SMILES string of the molecule is CCOc1cc(C#N)cc(Br)c1OCC(=O)N1CCN(Cc2ccccc2C)CC1. The molecule has 1 saturated heterocycles. The van der Waals surface area contributed by atoms with E-state index >= 15 is 0 Å². The first-order valence-electron chi connectivity index (χ1n) is 10.1. The van der Waals surface area contributed by atoms with Crippen LogP contribution in [0.2, 0.25) is 0 Å². The Bertz CT molecular complexity index is 934. The maximum atomic E-state index is 12.7. The molecule has 1 fully saturated rings. The zero-order valence-electron chi connectivity index (χ0n) is 17.4. The van der Waals surface area contributed by atoms with Gasteiger partial charge in [0.05, 0.1) is 22.7 Å². The van der Waals surface area contributed by atoms with Gasteiger partial charge < -0.3 is 14.4 Å². The van der Waals surface area contributed by atoms with Crippen molar-refractivity contribution in [2.45, 2.75) is 20.4 Å². The van der Waals surface area contributed by atoms with Crippen molar-refractivity contribution < 1.29 is 14.3 Å². The van der Waals surface area contributed by atoms with Gasteiger partial charge in [0.1, 0.15) is 0 Å². The maximum absolute atomic E-state index is 12.7. The summed E-state index contributed by atoms with van der Waals surface area (Å²) >= 11 is 3.41. The van der Waals surface area contributed by atoms with Gasteiger partial charge >= 0.3 is 0 Å². The first-order chi connectivity index (χ1) is 14.5. The summed E-state index contributed by atoms with van der Waals surface area (Å²) in [6, 6.07) is 13.8. The van der Waals surface area contributed by atoms with Crippen molar-refractivity contribution in [1.82, 2.24) is 9.80 Å². The molecule has 0 aromatic heterocycles. The second kappa shape index (κ2) is 10.5. The summed E-state index contributed by atoms with van der Waals surface area (Å²) in [5.74, 6) is 0.853. The van der Waals surface area contributed by atoms with Crippen LogP contribution in [0.4, 0.5) is 0 Å². The lowest BCUT2D eigenvalue weighted by Gasteiger charge is -2.35. The molecule has 0 spiro atoms. The van der Waals surface area contributed by atoms with Crippen LogP contribution < -0.4 is 9.47 Å². The van der Waals surface area contributed by atoms with Crippen LogP contribution in [-0.2, 0) is 11.3 Å². The van der Waals surface area contributed by atoms with Crippen LogP contribution >= 0.6 is 15.9 Å². The van der Waals surface area contributed by atoms with Gasteiger partial charge in [-0.2, -0.15) is 5.26 Å². The Balaban J connectivity index is 1.54. The Morgan fingerprint density at radius 3 is 2.57 bits per heavy atom. The molecule has 1 aliphatic heterocycles. The van der Waals surface area contributed by atoms with Gasteiger partial charge in [0, 0.05) is 38.8 Å². The van der Waals surface area contributed by atoms with Crippen LogP contribution in [0, 0.1) is 18.3 Å². The predicted molar refractivity (Wildman–Crippen MR) is 119 cm³/mol. The van der Waals surface area contributed by atoms with E-state index in [2.05, 4.69) is 58.1 Å². The molecular formula is C23H26BrN3O3. The number of ether oxygens (including phenoxy) is 2. The molecule has 158 valence electrons. The van der Waals surface area contributed by atoms with Crippen molar-refractivity contribution in [3.8, 4) is 17.6 Å². The Morgan fingerprint density at radius 2 is 1.90 bits per heavy atom. The fraction of sp³-hybridized carbons (Fsp3) is 0.391. The fourth-order valence-corrected chi connectivity index (χ4v) is 4.00. The van der Waals surface area contributed by atoms with Crippen molar-refractivity contribution in [2.24, 2.45) is 0 Å². The smallest absolute Gasteiger partial charge is 0.260 e. The molecule has 1 aliphatic rings. The number of aryl methyl sites for hydroxylation is 1. The summed E-state index contributed by atoms with van der Waals surface area (Å²) in [7, 11) is 0. The highest BCUT2D eigenvalue weighted by Gasteiger charge is 2.23. The second-order valence-corrected chi connectivity index (χ2v) is 8.06. The van der Waals surface area contributed by atoms with E-state index in [1.54, 1.807) is 12.1 Å². The Morgan fingerprint density at radius 1 is 1.17 bits per heavy atom. The van der Waals surface area contributed by atoms with Crippen LogP contribution in [-0.4, -0.2) is 55.1 Å². The van der Waals surface area contributed by atoms with Crippen LogP contribution in [0.5, 0.6) is 11.5 Å². The number of benzene rings is 2. The number of carbonyl (C=O) groups is 1. The average Bonchev–Trinajstić information content (AvgIpc) is 2.75. The molecule has 0 unspecified atom stereocenters. The third-order valence-corrected chi connectivity index (χ3v) is 5.75. The van der Waals surface area contributed by atoms with Gasteiger partial charge in [-0.1, -0.05) is 24.3 Å². The summed E-state index contributed by atoms with van der Waals surface area (Å²) in [5, 5.41) is 9.13. The van der Waals surface area contributed by atoms with E-state index in [0.29, 0.717) is 41.2 Å². The summed E-state index contributed by atoms with van der Waals surface area (Å²) in [6.07, 6.45) is 0. The Labute approximate surface area is 186 Å². The molecule has 30 heavy (non-hydrogen) atoms. The van der Waals surface area contributed by atoms with E-state index in [1.807, 2.05) is 11.8 Å². The average molecular weight is 472 g/mol. The summed E-state index contributed by atoms with van der Waals surface area (Å²) in [4.78, 5) is 16.9. The first kappa shape index (κ1) is 22.1. The topological polar surface area (TPSA) is 65.8 Å². The lowest BCUT2D eigenvalue weighted by Crippen LogP contribution is -2.49. The molecule has 0 atom stereocenters. The van der Waals surface area contributed by atoms with Crippen LogP contribution in [0.3, 0.4) is 0 Å². The Hall–Kier alpha value is -2.56. The highest BCUT2D eigenvalue weighted by molar-refractivity contribution is 9.10. The zero-order valence-corrected chi connectivity index (χ0v) is 18.9. The van der Waals surface area contributed by atoms with Gasteiger partial charge in [-0.05, 0) is 47.0 Å². The van der Waals surface area contributed by atoms with Crippen LogP contribution in [0.1, 0.15) is 23.6 Å². The molecule has 6 nitrogen and oxygen atoms in total. The lowest BCUT2D eigenvalue weighted by molar-refractivity contribution is -0.135. The monoisotopic (exact) mass is 471 g/mol. The van der Waals surface area contributed by atoms with E-state index < -0.39 is 0 Å². The molecule has 2 aromatic carbocycles. The van der Waals surface area contributed by atoms with E-state index in [0.717, 1.165) is 19.6 Å². The molecule has 1 amide bonds. The molecule has 0 radical (unpaired) electrons. The van der Waals surface area contributed by atoms with Gasteiger partial charge in [-0.3, -0.25) is 9.69 Å². The molecule has 0 N–H and O–H groups in total. The minimum atomic E-state index is -0.0671. The number of piperazine rings is 1. The molecular weight excluding hydrogens is 446 g/mol. The number of amides is 1. The number of hydrogen-bond donors (Lipinski definition) is 0. The quantitative estimate of drug-likeness (QED) is 0.614. The van der Waals surface area contributed by atoms with Gasteiger partial charge in [-0.15, -0.1) is 0 Å². The predicted octanol–water partition coefficient (Wildman–Crippen LogP) is 3.75. The van der Waals surface area contributed by atoms with E-state index in [-0.39, 0.29) is 12.5 Å². The maximum Gasteiger partial charge on any atom is 0.260 e. The molecule has 2 aromatic rings. The van der Waals surface area contributed by atoms with Crippen molar-refractivity contribution in [3.05, 3.63) is 57.6 Å². The summed E-state index contributed by atoms with van der Waals surface area (Å²) in [6.45, 7) is 8.30. The molecule has 7 heteroatoms. The van der Waals surface area contributed by atoms with Crippen molar-refractivity contribution in [3.63, 3.8) is 0 Å². The van der Waals surface area contributed by atoms with E-state index in [9.17, 15) is 4.79 Å². The number of halogens is 1. The molecule has 0 saturated carbocycles. The highest BCUT2D eigenvalue weighted by atomic mass is 79.9. The van der Waals surface area contributed by atoms with E-state index in [1.165, 1.54) is 11.1 Å². The molecule has 0 aliphatic carbocycles. The lowest BCUT2D eigenvalue weighted by atomic mass is 10.1. The highest BCUT2D eigenvalue weighted by Crippen LogP contribution is 2.36. The number of carbonyl (C=O) groups excluding carboxylic acids is 1. The number of rotatable bonds is 7. The molecule has 0 bridgehead atoms. The van der Waals surface area contributed by atoms with Crippen LogP contribution in [0.15, 0.2) is 40.9 Å². The third-order valence-electron chi connectivity index (χ3n) is 5.16. The second-order valence-electron chi connectivity index (χ2n) is 7.20. The number of nitriles is 1. The van der Waals surface area contributed by atoms with Crippen LogP contribution in [0.25, 0.3) is 0 Å². The van der Waals surface area contributed by atoms with Crippen molar-refractivity contribution >= 4 is 21.8 Å². The largest absolute Gasteiger partial charge is 0.490 e. The van der Waals surface area contributed by atoms with Gasteiger partial charge in [0.2, 0.25) is 0 Å². The van der Waals surface area contributed by atoms with Gasteiger partial charge in [0.15, 0.2) is 18.1 Å². The Kier molecular flexibility index (Phi) is 7.72. The van der Waals surface area contributed by atoms with E-state index in [4.69, 9.17) is 14.7 Å². The molecule has 3 rings (SSSR count). The first-order valence-corrected chi connectivity index (χ1v) is 10.8. The normalized spacial score (nSPS) is 14.3. The van der Waals surface area contributed by atoms with Gasteiger partial charge in [-0.25, -0.2) is 0 Å². The minimum absolute atomic E-state index is 0.0516.